The number of carbonyl (C=O) groups is 2. The molecule has 1 N–H and O–H groups in total. The molecule has 0 aliphatic rings. The van der Waals surface area contributed by atoms with Crippen LogP contribution in [0.5, 0.6) is 0 Å². The van der Waals surface area contributed by atoms with E-state index in [1.807, 2.05) is 30.3 Å². The molecule has 0 saturated heterocycles. The topological polar surface area (TPSA) is 91.3 Å². The van der Waals surface area contributed by atoms with E-state index in [4.69, 9.17) is 16.5 Å². The molecule has 0 amide bonds. The van der Waals surface area contributed by atoms with Crippen molar-refractivity contribution in [2.75, 3.05) is 13.0 Å². The number of benzene rings is 1. The molecule has 0 aliphatic heterocycles. The van der Waals surface area contributed by atoms with Gasteiger partial charge in [0.15, 0.2) is 0 Å². The number of hydrogen-bond acceptors (Lipinski definition) is 7. The summed E-state index contributed by atoms with van der Waals surface area (Å²) < 4.78 is 0. The van der Waals surface area contributed by atoms with Crippen LogP contribution in [0.3, 0.4) is 0 Å². The van der Waals surface area contributed by atoms with Gasteiger partial charge in [0.1, 0.15) is 6.10 Å². The second kappa shape index (κ2) is 12.8. The summed E-state index contributed by atoms with van der Waals surface area (Å²) in [5.41, 5.74) is 0.960. The average Bonchev–Trinajstić information content (AvgIpc) is 2.49. The van der Waals surface area contributed by atoms with Crippen molar-refractivity contribution in [1.82, 2.24) is 0 Å². The summed E-state index contributed by atoms with van der Waals surface area (Å²) in [5.74, 6) is -0.967. The van der Waals surface area contributed by atoms with E-state index in [-0.39, 0.29) is 5.88 Å². The van der Waals surface area contributed by atoms with Crippen LogP contribution in [0.1, 0.15) is 19.4 Å². The van der Waals surface area contributed by atoms with Gasteiger partial charge in [-0.1, -0.05) is 30.3 Å². The van der Waals surface area contributed by atoms with Crippen LogP contribution in [0.15, 0.2) is 30.3 Å². The lowest BCUT2D eigenvalue weighted by Crippen LogP contribution is -2.33. The summed E-state index contributed by atoms with van der Waals surface area (Å²) in [6, 6.07) is 9.43. The number of carbonyl (C=O) groups excluding carboxylic acids is 2. The molecule has 0 heterocycles. The maximum absolute atomic E-state index is 10.6. The van der Waals surface area contributed by atoms with E-state index in [0.29, 0.717) is 6.42 Å². The zero-order valence-corrected chi connectivity index (χ0v) is 14.0. The maximum atomic E-state index is 10.6. The van der Waals surface area contributed by atoms with E-state index < -0.39 is 24.1 Å². The van der Waals surface area contributed by atoms with Crippen molar-refractivity contribution >= 4 is 23.5 Å². The van der Waals surface area contributed by atoms with Gasteiger partial charge >= 0.3 is 11.9 Å². The van der Waals surface area contributed by atoms with Gasteiger partial charge in [-0.2, -0.15) is 9.78 Å². The van der Waals surface area contributed by atoms with Crippen molar-refractivity contribution in [3.05, 3.63) is 35.9 Å². The van der Waals surface area contributed by atoms with E-state index in [1.165, 1.54) is 21.0 Å². The molecule has 2 atom stereocenters. The van der Waals surface area contributed by atoms with Crippen LogP contribution in [-0.4, -0.2) is 42.2 Å². The van der Waals surface area contributed by atoms with Crippen molar-refractivity contribution < 1.29 is 34.2 Å². The number of aliphatic hydroxyl groups is 1. The zero-order chi connectivity index (χ0) is 17.7. The Morgan fingerprint density at radius 1 is 1.13 bits per heavy atom. The summed E-state index contributed by atoms with van der Waals surface area (Å²) >= 11 is 5.64. The van der Waals surface area contributed by atoms with E-state index in [9.17, 15) is 14.7 Å². The standard InChI is InChI=1S/C12H15ClO4.C3H6O3/c1-9(14)16-17-12(8-13)11(15)7-10-5-3-2-4-6-10;1-3(4)6-5-2/h2-6,11-12,15H,7-8H2,1H3;1-2H3. The predicted molar refractivity (Wildman–Crippen MR) is 82.3 cm³/mol. The normalized spacial score (nSPS) is 12.4. The molecule has 0 aliphatic carbocycles. The van der Waals surface area contributed by atoms with E-state index in [1.54, 1.807) is 0 Å². The van der Waals surface area contributed by atoms with Crippen LogP contribution in [0.4, 0.5) is 0 Å². The third kappa shape index (κ3) is 11.5. The lowest BCUT2D eigenvalue weighted by Gasteiger charge is -2.19. The first-order chi connectivity index (χ1) is 10.9. The van der Waals surface area contributed by atoms with Gasteiger partial charge in [0.2, 0.25) is 0 Å². The van der Waals surface area contributed by atoms with Gasteiger partial charge in [-0.15, -0.1) is 11.6 Å². The number of aliphatic hydroxyl groups excluding tert-OH is 1. The van der Waals surface area contributed by atoms with E-state index in [0.717, 1.165) is 5.56 Å². The van der Waals surface area contributed by atoms with E-state index in [2.05, 4.69) is 14.7 Å². The fourth-order valence-corrected chi connectivity index (χ4v) is 1.68. The molecule has 0 radical (unpaired) electrons. The third-order valence-corrected chi connectivity index (χ3v) is 2.66. The summed E-state index contributed by atoms with van der Waals surface area (Å²) in [5, 5.41) is 9.87. The van der Waals surface area contributed by atoms with Gasteiger partial charge in [-0.25, -0.2) is 9.59 Å². The highest BCUT2D eigenvalue weighted by molar-refractivity contribution is 6.18. The fourth-order valence-electron chi connectivity index (χ4n) is 1.43. The van der Waals surface area contributed by atoms with Crippen molar-refractivity contribution in [1.29, 1.82) is 0 Å². The first-order valence-corrected chi connectivity index (χ1v) is 7.27. The molecule has 23 heavy (non-hydrogen) atoms. The van der Waals surface area contributed by atoms with Crippen molar-refractivity contribution in [3.63, 3.8) is 0 Å². The maximum Gasteiger partial charge on any atom is 0.339 e. The van der Waals surface area contributed by atoms with Gasteiger partial charge in [0, 0.05) is 20.3 Å². The zero-order valence-electron chi connectivity index (χ0n) is 13.2. The Kier molecular flexibility index (Phi) is 11.9. The number of halogens is 1. The van der Waals surface area contributed by atoms with Crippen molar-refractivity contribution in [2.24, 2.45) is 0 Å². The molecule has 0 aromatic heterocycles. The van der Waals surface area contributed by atoms with Gasteiger partial charge in [0.05, 0.1) is 19.1 Å². The second-order valence-electron chi connectivity index (χ2n) is 4.36. The molecule has 1 aromatic carbocycles. The van der Waals surface area contributed by atoms with Gasteiger partial charge in [-0.05, 0) is 5.56 Å². The Balaban J connectivity index is 0.000000688. The Bertz CT molecular complexity index is 452. The summed E-state index contributed by atoms with van der Waals surface area (Å²) in [6.07, 6.45) is -1.17. The van der Waals surface area contributed by atoms with Gasteiger partial charge in [0.25, 0.3) is 0 Å². The second-order valence-corrected chi connectivity index (χ2v) is 4.67. The molecule has 0 bridgehead atoms. The molecule has 0 spiro atoms. The summed E-state index contributed by atoms with van der Waals surface area (Å²) in [7, 11) is 1.28. The molecular formula is C15H21ClO7. The molecule has 2 unspecified atom stereocenters. The highest BCUT2D eigenvalue weighted by atomic mass is 35.5. The van der Waals surface area contributed by atoms with Crippen LogP contribution < -0.4 is 0 Å². The average molecular weight is 349 g/mol. The minimum absolute atomic E-state index is 0.0429. The number of alkyl halides is 1. The molecule has 0 saturated carbocycles. The predicted octanol–water partition coefficient (Wildman–Crippen LogP) is 1.80. The minimum atomic E-state index is -0.825. The number of hydrogen-bond donors (Lipinski definition) is 1. The lowest BCUT2D eigenvalue weighted by atomic mass is 10.1. The highest BCUT2D eigenvalue weighted by Gasteiger charge is 2.21. The van der Waals surface area contributed by atoms with Gasteiger partial charge in [-0.3, -0.25) is 9.78 Å². The van der Waals surface area contributed by atoms with Crippen molar-refractivity contribution in [2.45, 2.75) is 32.5 Å². The largest absolute Gasteiger partial charge is 0.390 e. The Hall–Kier alpha value is -1.67. The Morgan fingerprint density at radius 2 is 1.70 bits per heavy atom. The number of rotatable bonds is 7. The molecule has 1 aromatic rings. The van der Waals surface area contributed by atoms with Crippen LogP contribution in [0.2, 0.25) is 0 Å². The summed E-state index contributed by atoms with van der Waals surface area (Å²) in [4.78, 5) is 37.3. The Labute approximate surface area is 139 Å². The van der Waals surface area contributed by atoms with Crippen LogP contribution in [0.25, 0.3) is 0 Å². The van der Waals surface area contributed by atoms with Crippen molar-refractivity contribution in [3.8, 4) is 0 Å². The molecular weight excluding hydrogens is 328 g/mol. The summed E-state index contributed by atoms with van der Waals surface area (Å²) in [6.45, 7) is 2.48. The monoisotopic (exact) mass is 348 g/mol. The SMILES string of the molecule is CC(=O)OOC(CCl)C(O)Cc1ccccc1.COOC(C)=O. The first kappa shape index (κ1) is 21.3. The van der Waals surface area contributed by atoms with Crippen LogP contribution in [0, 0.1) is 0 Å². The molecule has 130 valence electrons. The third-order valence-electron chi connectivity index (χ3n) is 2.36. The highest BCUT2D eigenvalue weighted by Crippen LogP contribution is 2.10. The minimum Gasteiger partial charge on any atom is -0.390 e. The lowest BCUT2D eigenvalue weighted by molar-refractivity contribution is -0.304. The fraction of sp³-hybridized carbons (Fsp3) is 0.467. The van der Waals surface area contributed by atoms with E-state index >= 15 is 0 Å². The quantitative estimate of drug-likeness (QED) is 0.456. The van der Waals surface area contributed by atoms with Crippen LogP contribution >= 0.6 is 11.6 Å². The molecule has 0 fully saturated rings. The van der Waals surface area contributed by atoms with Gasteiger partial charge < -0.3 is 5.11 Å². The van der Waals surface area contributed by atoms with Crippen LogP contribution in [-0.2, 0) is 35.6 Å². The molecule has 8 heteroatoms. The molecule has 1 rings (SSSR count). The molecule has 7 nitrogen and oxygen atoms in total. The Morgan fingerprint density at radius 3 is 2.09 bits per heavy atom. The smallest absolute Gasteiger partial charge is 0.339 e. The first-order valence-electron chi connectivity index (χ1n) is 6.73.